The predicted octanol–water partition coefficient (Wildman–Crippen LogP) is 1.98. The number of sulfonamides is 1. The topological polar surface area (TPSA) is 72.0 Å². The van der Waals surface area contributed by atoms with Crippen LogP contribution in [-0.4, -0.2) is 18.4 Å². The van der Waals surface area contributed by atoms with Crippen LogP contribution in [0.4, 0.5) is 0 Å². The number of pyridine rings is 1. The second-order valence-electron chi connectivity index (χ2n) is 3.50. The number of thiazole rings is 1. The summed E-state index contributed by atoms with van der Waals surface area (Å²) in [6.07, 6.45) is 1.35. The Morgan fingerprint density at radius 1 is 1.50 bits per heavy atom. The Morgan fingerprint density at radius 2 is 2.28 bits per heavy atom. The lowest BCUT2D eigenvalue weighted by Crippen LogP contribution is -2.23. The number of rotatable bonds is 4. The number of nitrogens with zero attached hydrogens (tertiary/aromatic N) is 2. The summed E-state index contributed by atoms with van der Waals surface area (Å²) in [5, 5.41) is 2.86. The molecular weight excluding hydrogens is 294 g/mol. The van der Waals surface area contributed by atoms with Gasteiger partial charge in [-0.05, 0) is 19.1 Å². The van der Waals surface area contributed by atoms with E-state index in [1.165, 1.54) is 29.7 Å². The summed E-state index contributed by atoms with van der Waals surface area (Å²) < 4.78 is 26.3. The molecule has 0 aromatic carbocycles. The van der Waals surface area contributed by atoms with Gasteiger partial charge in [-0.15, -0.1) is 11.3 Å². The van der Waals surface area contributed by atoms with Gasteiger partial charge in [-0.3, -0.25) is 0 Å². The zero-order chi connectivity index (χ0) is 13.2. The molecule has 0 unspecified atom stereocenters. The maximum Gasteiger partial charge on any atom is 0.241 e. The number of hydrogen-bond acceptors (Lipinski definition) is 5. The van der Waals surface area contributed by atoms with Gasteiger partial charge in [0.2, 0.25) is 10.0 Å². The van der Waals surface area contributed by atoms with Gasteiger partial charge in [0.05, 0.1) is 22.1 Å². The number of hydrogen-bond donors (Lipinski definition) is 1. The highest BCUT2D eigenvalue weighted by molar-refractivity contribution is 7.89. The van der Waals surface area contributed by atoms with Crippen molar-refractivity contribution in [2.24, 2.45) is 0 Å². The Kier molecular flexibility index (Phi) is 3.96. The number of aryl methyl sites for hydroxylation is 1. The maximum absolute atomic E-state index is 11.9. The lowest BCUT2D eigenvalue weighted by molar-refractivity contribution is 0.580. The molecule has 18 heavy (non-hydrogen) atoms. The summed E-state index contributed by atoms with van der Waals surface area (Å²) in [5.74, 6) is 0. The van der Waals surface area contributed by atoms with E-state index in [0.29, 0.717) is 5.69 Å². The molecule has 0 amide bonds. The van der Waals surface area contributed by atoms with Gasteiger partial charge >= 0.3 is 0 Å². The van der Waals surface area contributed by atoms with Crippen LogP contribution in [0.25, 0.3) is 0 Å². The van der Waals surface area contributed by atoms with Gasteiger partial charge in [0.25, 0.3) is 0 Å². The molecule has 0 fully saturated rings. The second kappa shape index (κ2) is 5.31. The van der Waals surface area contributed by atoms with Gasteiger partial charge < -0.3 is 0 Å². The van der Waals surface area contributed by atoms with Gasteiger partial charge in [-0.2, -0.15) is 0 Å². The number of aromatic nitrogens is 2. The molecule has 96 valence electrons. The van der Waals surface area contributed by atoms with Crippen LogP contribution in [0, 0.1) is 6.92 Å². The molecule has 5 nitrogen and oxygen atoms in total. The summed E-state index contributed by atoms with van der Waals surface area (Å²) in [4.78, 5) is 8.01. The molecule has 2 aromatic heterocycles. The lowest BCUT2D eigenvalue weighted by atomic mass is 10.5. The third-order valence-corrected chi connectivity index (χ3v) is 4.55. The van der Waals surface area contributed by atoms with Crippen LogP contribution in [0.5, 0.6) is 0 Å². The Bertz CT molecular complexity index is 655. The molecule has 0 aliphatic rings. The van der Waals surface area contributed by atoms with Crippen molar-refractivity contribution < 1.29 is 8.42 Å². The first-order valence-electron chi connectivity index (χ1n) is 4.99. The Hall–Kier alpha value is -1.02. The van der Waals surface area contributed by atoms with Crippen molar-refractivity contribution in [3.05, 3.63) is 39.6 Å². The van der Waals surface area contributed by atoms with Crippen LogP contribution in [0.3, 0.4) is 0 Å². The van der Waals surface area contributed by atoms with Gasteiger partial charge in [0, 0.05) is 11.6 Å². The third-order valence-electron chi connectivity index (χ3n) is 2.12. The molecule has 0 atom stereocenters. The molecule has 8 heteroatoms. The normalized spacial score (nSPS) is 11.7. The zero-order valence-corrected chi connectivity index (χ0v) is 11.8. The summed E-state index contributed by atoms with van der Waals surface area (Å²) in [5.41, 5.74) is 0.696. The van der Waals surface area contributed by atoms with Gasteiger partial charge in [0.1, 0.15) is 5.15 Å². The molecular formula is C10H10ClN3O2S2. The van der Waals surface area contributed by atoms with Crippen molar-refractivity contribution in [2.45, 2.75) is 18.4 Å². The van der Waals surface area contributed by atoms with Gasteiger partial charge in [-0.1, -0.05) is 11.6 Å². The molecule has 0 aliphatic heterocycles. The van der Waals surface area contributed by atoms with Crippen LogP contribution in [-0.2, 0) is 16.6 Å². The molecule has 0 spiro atoms. The number of nitrogens with one attached hydrogen (secondary N) is 1. The lowest BCUT2D eigenvalue weighted by Gasteiger charge is -2.05. The predicted molar refractivity (Wildman–Crippen MR) is 70.1 cm³/mol. The highest BCUT2D eigenvalue weighted by Crippen LogP contribution is 2.13. The van der Waals surface area contributed by atoms with E-state index in [4.69, 9.17) is 11.6 Å². The molecule has 2 aromatic rings. The molecule has 2 heterocycles. The Balaban J connectivity index is 2.13. The van der Waals surface area contributed by atoms with E-state index in [-0.39, 0.29) is 16.6 Å². The summed E-state index contributed by atoms with van der Waals surface area (Å²) in [6.45, 7) is 2.03. The average molecular weight is 304 g/mol. The van der Waals surface area contributed by atoms with Gasteiger partial charge in [0.15, 0.2) is 0 Å². The molecule has 0 aliphatic carbocycles. The minimum absolute atomic E-state index is 0.0921. The summed E-state index contributed by atoms with van der Waals surface area (Å²) in [7, 11) is -3.58. The van der Waals surface area contributed by atoms with Crippen LogP contribution >= 0.6 is 22.9 Å². The molecule has 0 radical (unpaired) electrons. The minimum atomic E-state index is -3.58. The van der Waals surface area contributed by atoms with E-state index in [9.17, 15) is 8.42 Å². The van der Waals surface area contributed by atoms with Crippen LogP contribution in [0.15, 0.2) is 28.6 Å². The van der Waals surface area contributed by atoms with Crippen molar-refractivity contribution in [3.8, 4) is 0 Å². The fourth-order valence-electron chi connectivity index (χ4n) is 1.29. The van der Waals surface area contributed by atoms with Crippen molar-refractivity contribution in [1.29, 1.82) is 0 Å². The van der Waals surface area contributed by atoms with Crippen molar-refractivity contribution >= 4 is 33.0 Å². The highest BCUT2D eigenvalue weighted by atomic mass is 35.5. The van der Waals surface area contributed by atoms with Crippen molar-refractivity contribution in [2.75, 3.05) is 0 Å². The molecule has 0 saturated carbocycles. The second-order valence-corrected chi connectivity index (χ2v) is 6.71. The van der Waals surface area contributed by atoms with E-state index in [1.54, 1.807) is 0 Å². The van der Waals surface area contributed by atoms with E-state index in [2.05, 4.69) is 14.7 Å². The number of halogens is 1. The quantitative estimate of drug-likeness (QED) is 0.877. The van der Waals surface area contributed by atoms with Crippen LogP contribution in [0.1, 0.15) is 10.7 Å². The van der Waals surface area contributed by atoms with Crippen LogP contribution in [0.2, 0.25) is 5.15 Å². The first-order chi connectivity index (χ1) is 8.47. The minimum Gasteiger partial charge on any atom is -0.245 e. The Labute approximate surface area is 114 Å². The summed E-state index contributed by atoms with van der Waals surface area (Å²) >= 11 is 7.13. The van der Waals surface area contributed by atoms with Crippen molar-refractivity contribution in [1.82, 2.24) is 14.7 Å². The zero-order valence-electron chi connectivity index (χ0n) is 9.42. The average Bonchev–Trinajstić information content (AvgIpc) is 2.73. The smallest absolute Gasteiger partial charge is 0.241 e. The van der Waals surface area contributed by atoms with E-state index < -0.39 is 10.0 Å². The highest BCUT2D eigenvalue weighted by Gasteiger charge is 2.14. The SMILES string of the molecule is Cc1nc(CNS(=O)(=O)c2ccnc(Cl)c2)cs1. The molecule has 1 N–H and O–H groups in total. The standard InChI is InChI=1S/C10H10ClN3O2S2/c1-7-14-8(6-17-7)5-13-18(15,16)9-2-3-12-10(11)4-9/h2-4,6,13H,5H2,1H3. The van der Waals surface area contributed by atoms with Crippen LogP contribution < -0.4 is 4.72 Å². The fraction of sp³-hybridized carbons (Fsp3) is 0.200. The molecule has 2 rings (SSSR count). The molecule has 0 saturated heterocycles. The van der Waals surface area contributed by atoms with Gasteiger partial charge in [-0.25, -0.2) is 23.1 Å². The first-order valence-corrected chi connectivity index (χ1v) is 7.74. The monoisotopic (exact) mass is 303 g/mol. The van der Waals surface area contributed by atoms with E-state index >= 15 is 0 Å². The Morgan fingerprint density at radius 3 is 2.89 bits per heavy atom. The van der Waals surface area contributed by atoms with E-state index in [0.717, 1.165) is 5.01 Å². The largest absolute Gasteiger partial charge is 0.245 e. The fourth-order valence-corrected chi connectivity index (χ4v) is 3.16. The van der Waals surface area contributed by atoms with E-state index in [1.807, 2.05) is 12.3 Å². The summed E-state index contributed by atoms with van der Waals surface area (Å²) in [6, 6.07) is 2.69. The maximum atomic E-state index is 11.9. The third kappa shape index (κ3) is 3.26. The van der Waals surface area contributed by atoms with Crippen molar-refractivity contribution in [3.63, 3.8) is 0 Å². The first kappa shape index (κ1) is 13.4. The molecule has 0 bridgehead atoms.